The fourth-order valence-electron chi connectivity index (χ4n) is 4.09. The van der Waals surface area contributed by atoms with Crippen molar-refractivity contribution in [1.82, 2.24) is 9.80 Å². The monoisotopic (exact) mass is 345 g/mol. The van der Waals surface area contributed by atoms with Gasteiger partial charge in [-0.15, -0.1) is 0 Å². The fourth-order valence-corrected chi connectivity index (χ4v) is 4.09. The molecule has 0 spiro atoms. The molecule has 1 unspecified atom stereocenters. The first-order chi connectivity index (χ1) is 12.0. The molecule has 1 atom stereocenters. The third-order valence-corrected chi connectivity index (χ3v) is 5.67. The lowest BCUT2D eigenvalue weighted by Crippen LogP contribution is -2.64. The highest BCUT2D eigenvalue weighted by atomic mass is 16.3. The minimum Gasteiger partial charge on any atom is -0.378 e. The van der Waals surface area contributed by atoms with Gasteiger partial charge in [0.25, 0.3) is 5.91 Å². The summed E-state index contributed by atoms with van der Waals surface area (Å²) >= 11 is 0. The van der Waals surface area contributed by atoms with Gasteiger partial charge in [0.05, 0.1) is 0 Å². The van der Waals surface area contributed by atoms with Gasteiger partial charge in [0.2, 0.25) is 5.91 Å². The van der Waals surface area contributed by atoms with Crippen LogP contribution < -0.4 is 5.73 Å². The van der Waals surface area contributed by atoms with Crippen molar-refractivity contribution >= 4 is 11.8 Å². The molecule has 3 rings (SSSR count). The maximum atomic E-state index is 12.6. The molecule has 2 amide bonds. The minimum atomic E-state index is -1.16. The number of hydrogen-bond acceptors (Lipinski definition) is 4. The zero-order chi connectivity index (χ0) is 17.9. The van der Waals surface area contributed by atoms with Crippen LogP contribution in [0.3, 0.4) is 0 Å². The van der Waals surface area contributed by atoms with Crippen LogP contribution in [0.15, 0.2) is 30.3 Å². The molecule has 2 fully saturated rings. The van der Waals surface area contributed by atoms with Gasteiger partial charge in [-0.05, 0) is 44.3 Å². The summed E-state index contributed by atoms with van der Waals surface area (Å²) in [7, 11) is 0. The van der Waals surface area contributed by atoms with Crippen molar-refractivity contribution < 1.29 is 14.7 Å². The van der Waals surface area contributed by atoms with Crippen molar-refractivity contribution in [3.8, 4) is 0 Å². The van der Waals surface area contributed by atoms with Gasteiger partial charge in [-0.3, -0.25) is 14.5 Å². The van der Waals surface area contributed by atoms with Crippen molar-refractivity contribution in [2.24, 2.45) is 5.73 Å². The zero-order valence-electron chi connectivity index (χ0n) is 14.6. The van der Waals surface area contributed by atoms with E-state index in [2.05, 4.69) is 4.90 Å². The molecule has 25 heavy (non-hydrogen) atoms. The Balaban J connectivity index is 1.67. The van der Waals surface area contributed by atoms with Crippen LogP contribution in [0.5, 0.6) is 0 Å². The molecule has 136 valence electrons. The molecule has 2 saturated heterocycles. The zero-order valence-corrected chi connectivity index (χ0v) is 14.6. The van der Waals surface area contributed by atoms with Crippen LogP contribution in [0.25, 0.3) is 0 Å². The number of hydrogen-bond donors (Lipinski definition) is 2. The van der Waals surface area contributed by atoms with E-state index in [-0.39, 0.29) is 11.8 Å². The number of carbonyl (C=O) groups is 2. The summed E-state index contributed by atoms with van der Waals surface area (Å²) < 4.78 is 0. The maximum Gasteiger partial charge on any atom is 0.256 e. The molecular weight excluding hydrogens is 318 g/mol. The van der Waals surface area contributed by atoms with E-state index in [1.165, 1.54) is 6.42 Å². The van der Waals surface area contributed by atoms with Crippen LogP contribution in [-0.2, 0) is 9.59 Å². The van der Waals surface area contributed by atoms with Gasteiger partial charge < -0.3 is 15.7 Å². The quantitative estimate of drug-likeness (QED) is 0.854. The van der Waals surface area contributed by atoms with Crippen molar-refractivity contribution in [2.75, 3.05) is 26.2 Å². The number of likely N-dealkylation sites (tertiary alicyclic amines) is 2. The molecule has 1 aromatic carbocycles. The molecule has 0 saturated carbocycles. The molecule has 0 aliphatic carbocycles. The summed E-state index contributed by atoms with van der Waals surface area (Å²) in [5, 5.41) is 10.3. The van der Waals surface area contributed by atoms with Crippen molar-refractivity contribution in [3.05, 3.63) is 35.9 Å². The summed E-state index contributed by atoms with van der Waals surface area (Å²) in [6, 6.07) is 8.94. The predicted octanol–water partition coefficient (Wildman–Crippen LogP) is 1.05. The Morgan fingerprint density at radius 1 is 1.00 bits per heavy atom. The number of primary amides is 1. The first-order valence-electron chi connectivity index (χ1n) is 9.11. The topological polar surface area (TPSA) is 86.9 Å². The summed E-state index contributed by atoms with van der Waals surface area (Å²) in [5.41, 5.74) is 5.72. The number of aliphatic hydroxyl groups excluding tert-OH is 1. The van der Waals surface area contributed by atoms with Crippen molar-refractivity contribution in [2.45, 2.75) is 43.7 Å². The Kier molecular flexibility index (Phi) is 5.39. The van der Waals surface area contributed by atoms with Gasteiger partial charge in [-0.2, -0.15) is 0 Å². The number of nitrogens with zero attached hydrogens (tertiary/aromatic N) is 2. The highest BCUT2D eigenvalue weighted by Gasteiger charge is 2.46. The van der Waals surface area contributed by atoms with E-state index in [1.54, 1.807) is 29.2 Å². The first-order valence-corrected chi connectivity index (χ1v) is 9.11. The van der Waals surface area contributed by atoms with Gasteiger partial charge in [0, 0.05) is 13.1 Å². The summed E-state index contributed by atoms with van der Waals surface area (Å²) in [5.74, 6) is -0.590. The maximum absolute atomic E-state index is 12.6. The van der Waals surface area contributed by atoms with E-state index in [4.69, 9.17) is 5.73 Å². The standard InChI is InChI=1S/C19H27N3O3/c20-18(25)19(22-11-5-2-6-12-22)9-13-21(14-10-19)17(24)16(23)15-7-3-1-4-8-15/h1,3-4,7-8,16,23H,2,5-6,9-14H2,(H2,20,25). The molecule has 6 heteroatoms. The van der Waals surface area contributed by atoms with Crippen LogP contribution in [-0.4, -0.2) is 58.4 Å². The molecule has 6 nitrogen and oxygen atoms in total. The number of amides is 2. The number of benzene rings is 1. The number of carbonyl (C=O) groups excluding carboxylic acids is 2. The number of rotatable bonds is 4. The van der Waals surface area contributed by atoms with Crippen LogP contribution in [0.2, 0.25) is 0 Å². The average Bonchev–Trinajstić information content (AvgIpc) is 2.68. The van der Waals surface area contributed by atoms with Gasteiger partial charge in [-0.25, -0.2) is 0 Å². The van der Waals surface area contributed by atoms with Gasteiger partial charge in [-0.1, -0.05) is 36.8 Å². The smallest absolute Gasteiger partial charge is 0.256 e. The van der Waals surface area contributed by atoms with Crippen molar-refractivity contribution in [3.63, 3.8) is 0 Å². The lowest BCUT2D eigenvalue weighted by atomic mass is 9.83. The molecule has 0 radical (unpaired) electrons. The molecule has 0 aromatic heterocycles. The summed E-state index contributed by atoms with van der Waals surface area (Å²) in [4.78, 5) is 28.7. The average molecular weight is 345 g/mol. The fraction of sp³-hybridized carbons (Fsp3) is 0.579. The highest BCUT2D eigenvalue weighted by molar-refractivity contribution is 5.86. The van der Waals surface area contributed by atoms with Gasteiger partial charge >= 0.3 is 0 Å². The Labute approximate surface area is 148 Å². The first kappa shape index (κ1) is 17.9. The Hall–Kier alpha value is -1.92. The number of aliphatic hydroxyl groups is 1. The molecule has 2 heterocycles. The number of piperidine rings is 2. The molecule has 0 bridgehead atoms. The second-order valence-corrected chi connectivity index (χ2v) is 7.08. The molecule has 2 aliphatic heterocycles. The second kappa shape index (κ2) is 7.54. The van der Waals surface area contributed by atoms with Crippen LogP contribution in [0.1, 0.15) is 43.8 Å². The Bertz CT molecular complexity index is 606. The van der Waals surface area contributed by atoms with Crippen molar-refractivity contribution in [1.29, 1.82) is 0 Å². The number of nitrogens with two attached hydrogens (primary N) is 1. The Morgan fingerprint density at radius 3 is 2.16 bits per heavy atom. The SMILES string of the molecule is NC(=O)C1(N2CCCCC2)CCN(C(=O)C(O)c2ccccc2)CC1. The second-order valence-electron chi connectivity index (χ2n) is 7.08. The predicted molar refractivity (Wildman–Crippen MR) is 94.6 cm³/mol. The van der Waals surface area contributed by atoms with E-state index in [0.717, 1.165) is 25.9 Å². The minimum absolute atomic E-state index is 0.287. The largest absolute Gasteiger partial charge is 0.378 e. The van der Waals surface area contributed by atoms with E-state index in [1.807, 2.05) is 6.07 Å². The third-order valence-electron chi connectivity index (χ3n) is 5.67. The van der Waals surface area contributed by atoms with Crippen LogP contribution in [0, 0.1) is 0 Å². The molecule has 2 aliphatic rings. The van der Waals surface area contributed by atoms with Gasteiger partial charge in [0.1, 0.15) is 5.54 Å². The summed E-state index contributed by atoms with van der Waals surface area (Å²) in [6.07, 6.45) is 3.29. The van der Waals surface area contributed by atoms with E-state index < -0.39 is 11.6 Å². The van der Waals surface area contributed by atoms with E-state index >= 15 is 0 Å². The van der Waals surface area contributed by atoms with E-state index in [0.29, 0.717) is 31.5 Å². The lowest BCUT2D eigenvalue weighted by molar-refractivity contribution is -0.147. The normalized spacial score (nSPS) is 22.4. The molecule has 3 N–H and O–H groups in total. The molecular formula is C19H27N3O3. The summed E-state index contributed by atoms with van der Waals surface area (Å²) in [6.45, 7) is 2.68. The Morgan fingerprint density at radius 2 is 1.60 bits per heavy atom. The van der Waals surface area contributed by atoms with E-state index in [9.17, 15) is 14.7 Å². The van der Waals surface area contributed by atoms with Crippen LogP contribution >= 0.6 is 0 Å². The lowest BCUT2D eigenvalue weighted by Gasteiger charge is -2.48. The molecule has 1 aromatic rings. The van der Waals surface area contributed by atoms with Crippen LogP contribution in [0.4, 0.5) is 0 Å². The third kappa shape index (κ3) is 3.55. The van der Waals surface area contributed by atoms with Gasteiger partial charge in [0.15, 0.2) is 6.10 Å². The highest BCUT2D eigenvalue weighted by Crippen LogP contribution is 2.32.